The quantitative estimate of drug-likeness (QED) is 0.715. The smallest absolute Gasteiger partial charge is 0.243 e. The predicted molar refractivity (Wildman–Crippen MR) is 103 cm³/mol. The number of carbonyl (C=O) groups is 1. The summed E-state index contributed by atoms with van der Waals surface area (Å²) in [5.74, 6) is 0.546. The molecule has 2 N–H and O–H groups in total. The number of hydrogen-bond acceptors (Lipinski definition) is 4. The van der Waals surface area contributed by atoms with Gasteiger partial charge in [0, 0.05) is 18.8 Å². The summed E-state index contributed by atoms with van der Waals surface area (Å²) in [5.41, 5.74) is 1.36. The van der Waals surface area contributed by atoms with Crippen LogP contribution in [0.25, 0.3) is 0 Å². The Kier molecular flexibility index (Phi) is 7.87. The molecule has 0 spiro atoms. The molecule has 0 radical (unpaired) electrons. The van der Waals surface area contributed by atoms with Crippen LogP contribution >= 0.6 is 12.4 Å². The number of carbonyl (C=O) groups excluding carboxylic acids is 1. The summed E-state index contributed by atoms with van der Waals surface area (Å²) in [6.45, 7) is 6.58. The van der Waals surface area contributed by atoms with Gasteiger partial charge in [0.25, 0.3) is 0 Å². The van der Waals surface area contributed by atoms with Gasteiger partial charge in [-0.05, 0) is 63.8 Å². The monoisotopic (exact) mass is 389 g/mol. The minimum atomic E-state index is -3.57. The Morgan fingerprint density at radius 1 is 1.32 bits per heavy atom. The fourth-order valence-corrected chi connectivity index (χ4v) is 3.64. The summed E-state index contributed by atoms with van der Waals surface area (Å²) >= 11 is 0. The highest BCUT2D eigenvalue weighted by molar-refractivity contribution is 7.89. The van der Waals surface area contributed by atoms with E-state index in [2.05, 4.69) is 10.6 Å². The fourth-order valence-electron chi connectivity index (χ4n) is 2.25. The molecule has 142 valence electrons. The molecule has 6 nitrogen and oxygen atoms in total. The van der Waals surface area contributed by atoms with E-state index in [4.69, 9.17) is 0 Å². The van der Waals surface area contributed by atoms with Gasteiger partial charge < -0.3 is 10.6 Å². The number of anilines is 1. The standard InChI is InChI=1S/C17H27N3O3S.ClH/c1-12(2)20(4)24(22,23)15-8-5-13(3)16(9-15)19-17(21)11-18-10-14-6-7-14;/h5,8-9,12,14,18H,6-7,10-11H2,1-4H3,(H,19,21);1H. The predicted octanol–water partition coefficient (Wildman–Crippen LogP) is 2.38. The maximum absolute atomic E-state index is 12.6. The lowest BCUT2D eigenvalue weighted by Gasteiger charge is -2.21. The number of benzene rings is 1. The highest BCUT2D eigenvalue weighted by atomic mass is 35.5. The van der Waals surface area contributed by atoms with Gasteiger partial charge in [0.15, 0.2) is 0 Å². The molecule has 1 aromatic rings. The third-order valence-corrected chi connectivity index (χ3v) is 6.33. The Bertz CT molecular complexity index is 703. The van der Waals surface area contributed by atoms with E-state index in [-0.39, 0.29) is 35.8 Å². The zero-order valence-electron chi connectivity index (χ0n) is 15.2. The van der Waals surface area contributed by atoms with Crippen LogP contribution in [-0.2, 0) is 14.8 Å². The van der Waals surface area contributed by atoms with Gasteiger partial charge in [0.2, 0.25) is 15.9 Å². The number of sulfonamides is 1. The molecule has 1 saturated carbocycles. The van der Waals surface area contributed by atoms with E-state index < -0.39 is 10.0 Å². The molecule has 0 atom stereocenters. The third kappa shape index (κ3) is 5.95. The molecule has 1 amide bonds. The van der Waals surface area contributed by atoms with Crippen molar-refractivity contribution < 1.29 is 13.2 Å². The van der Waals surface area contributed by atoms with E-state index in [1.807, 2.05) is 20.8 Å². The van der Waals surface area contributed by atoms with E-state index in [0.29, 0.717) is 11.6 Å². The van der Waals surface area contributed by atoms with Crippen molar-refractivity contribution in [2.45, 2.75) is 44.6 Å². The molecule has 0 saturated heterocycles. The molecule has 1 aliphatic rings. The first-order chi connectivity index (χ1) is 11.2. The van der Waals surface area contributed by atoms with Crippen LogP contribution in [0.1, 0.15) is 32.3 Å². The van der Waals surface area contributed by atoms with Crippen LogP contribution in [0.15, 0.2) is 23.1 Å². The molecule has 0 unspecified atom stereocenters. The molecule has 1 aromatic carbocycles. The van der Waals surface area contributed by atoms with Crippen LogP contribution in [0.5, 0.6) is 0 Å². The Hall–Kier alpha value is -1.15. The second kappa shape index (κ2) is 8.98. The van der Waals surface area contributed by atoms with Crippen molar-refractivity contribution in [1.82, 2.24) is 9.62 Å². The third-order valence-electron chi connectivity index (χ3n) is 4.30. The Labute approximate surface area is 156 Å². The highest BCUT2D eigenvalue weighted by Gasteiger charge is 2.24. The SMILES string of the molecule is Cc1ccc(S(=O)(=O)N(C)C(C)C)cc1NC(=O)CNCC1CC1.Cl. The number of hydrogen-bond donors (Lipinski definition) is 2. The Morgan fingerprint density at radius 2 is 1.96 bits per heavy atom. The molecular weight excluding hydrogens is 362 g/mol. The first-order valence-corrected chi connectivity index (χ1v) is 9.75. The van der Waals surface area contributed by atoms with Gasteiger partial charge in [-0.2, -0.15) is 4.31 Å². The average Bonchev–Trinajstić information content (AvgIpc) is 3.32. The van der Waals surface area contributed by atoms with Crippen LogP contribution in [-0.4, -0.2) is 44.8 Å². The van der Waals surface area contributed by atoms with Crippen molar-refractivity contribution in [3.05, 3.63) is 23.8 Å². The minimum Gasteiger partial charge on any atom is -0.325 e. The van der Waals surface area contributed by atoms with Gasteiger partial charge in [0.1, 0.15) is 0 Å². The zero-order chi connectivity index (χ0) is 17.9. The molecule has 0 aliphatic heterocycles. The van der Waals surface area contributed by atoms with Crippen LogP contribution in [0.2, 0.25) is 0 Å². The lowest BCUT2D eigenvalue weighted by atomic mass is 10.2. The van der Waals surface area contributed by atoms with Crippen LogP contribution < -0.4 is 10.6 Å². The van der Waals surface area contributed by atoms with Gasteiger partial charge in [-0.15, -0.1) is 12.4 Å². The summed E-state index contributed by atoms with van der Waals surface area (Å²) in [7, 11) is -2.01. The fraction of sp³-hybridized carbons (Fsp3) is 0.588. The molecule has 1 aliphatic carbocycles. The topological polar surface area (TPSA) is 78.5 Å². The van der Waals surface area contributed by atoms with Crippen molar-refractivity contribution in [1.29, 1.82) is 0 Å². The maximum atomic E-state index is 12.6. The molecule has 0 bridgehead atoms. The number of aryl methyl sites for hydroxylation is 1. The second-order valence-corrected chi connectivity index (χ2v) is 8.71. The average molecular weight is 390 g/mol. The van der Waals surface area contributed by atoms with E-state index in [1.54, 1.807) is 19.2 Å². The number of rotatable bonds is 8. The van der Waals surface area contributed by atoms with E-state index >= 15 is 0 Å². The van der Waals surface area contributed by atoms with Gasteiger partial charge in [-0.25, -0.2) is 8.42 Å². The zero-order valence-corrected chi connectivity index (χ0v) is 16.8. The summed E-state index contributed by atoms with van der Waals surface area (Å²) in [4.78, 5) is 12.2. The normalized spacial score (nSPS) is 14.5. The molecule has 0 aromatic heterocycles. The van der Waals surface area contributed by atoms with Crippen molar-refractivity contribution in [3.63, 3.8) is 0 Å². The van der Waals surface area contributed by atoms with Gasteiger partial charge in [-0.3, -0.25) is 4.79 Å². The Morgan fingerprint density at radius 3 is 2.52 bits per heavy atom. The summed E-state index contributed by atoms with van der Waals surface area (Å²) in [6, 6.07) is 4.68. The first kappa shape index (κ1) is 21.9. The minimum absolute atomic E-state index is 0. The molecular formula is C17H28ClN3O3S. The maximum Gasteiger partial charge on any atom is 0.243 e. The van der Waals surface area contributed by atoms with Crippen molar-refractivity contribution >= 4 is 34.0 Å². The molecule has 8 heteroatoms. The van der Waals surface area contributed by atoms with Crippen molar-refractivity contribution in [2.24, 2.45) is 5.92 Å². The lowest BCUT2D eigenvalue weighted by Crippen LogP contribution is -2.33. The number of nitrogens with one attached hydrogen (secondary N) is 2. The summed E-state index contributed by atoms with van der Waals surface area (Å²) < 4.78 is 26.5. The van der Waals surface area contributed by atoms with E-state index in [0.717, 1.165) is 12.1 Å². The Balaban J connectivity index is 0.00000312. The number of amides is 1. The highest BCUT2D eigenvalue weighted by Crippen LogP contribution is 2.27. The van der Waals surface area contributed by atoms with Gasteiger partial charge in [0.05, 0.1) is 11.4 Å². The van der Waals surface area contributed by atoms with Gasteiger partial charge >= 0.3 is 0 Å². The summed E-state index contributed by atoms with van der Waals surface area (Å²) in [6.07, 6.45) is 2.47. The molecule has 25 heavy (non-hydrogen) atoms. The molecule has 0 heterocycles. The number of nitrogens with zero attached hydrogens (tertiary/aromatic N) is 1. The van der Waals surface area contributed by atoms with Crippen LogP contribution in [0.3, 0.4) is 0 Å². The van der Waals surface area contributed by atoms with E-state index in [9.17, 15) is 13.2 Å². The lowest BCUT2D eigenvalue weighted by molar-refractivity contribution is -0.115. The van der Waals surface area contributed by atoms with Crippen LogP contribution in [0, 0.1) is 12.8 Å². The molecule has 1 fully saturated rings. The van der Waals surface area contributed by atoms with Crippen LogP contribution in [0.4, 0.5) is 5.69 Å². The largest absolute Gasteiger partial charge is 0.325 e. The first-order valence-electron chi connectivity index (χ1n) is 8.31. The van der Waals surface area contributed by atoms with Gasteiger partial charge in [-0.1, -0.05) is 6.07 Å². The number of halogens is 1. The second-order valence-electron chi connectivity index (χ2n) is 6.71. The van der Waals surface area contributed by atoms with Crippen molar-refractivity contribution in [3.8, 4) is 0 Å². The van der Waals surface area contributed by atoms with E-state index in [1.165, 1.54) is 23.2 Å². The summed E-state index contributed by atoms with van der Waals surface area (Å²) in [5, 5.41) is 5.93. The molecule has 2 rings (SSSR count). The van der Waals surface area contributed by atoms with Crippen molar-refractivity contribution in [2.75, 3.05) is 25.5 Å².